The lowest BCUT2D eigenvalue weighted by Gasteiger charge is -2.37. The van der Waals surface area contributed by atoms with Crippen LogP contribution in [0.15, 0.2) is 65.0 Å². The third kappa shape index (κ3) is 5.59. The highest BCUT2D eigenvalue weighted by molar-refractivity contribution is 6.35. The summed E-state index contributed by atoms with van der Waals surface area (Å²) in [6.45, 7) is 4.63. The van der Waals surface area contributed by atoms with E-state index in [2.05, 4.69) is 5.32 Å². The van der Waals surface area contributed by atoms with Gasteiger partial charge in [-0.05, 0) is 61.6 Å². The predicted molar refractivity (Wildman–Crippen MR) is 138 cm³/mol. The number of rotatable bonds is 7. The highest BCUT2D eigenvalue weighted by Crippen LogP contribution is 2.47. The number of allylic oxidation sites excluding steroid dienone is 3. The molecule has 2 atom stereocenters. The molecule has 1 aliphatic heterocycles. The molecule has 1 heterocycles. The molecule has 0 spiro atoms. The van der Waals surface area contributed by atoms with Crippen LogP contribution in [0, 0.1) is 0 Å². The highest BCUT2D eigenvalue weighted by atomic mass is 35.5. The molecule has 2 aliphatic rings. The van der Waals surface area contributed by atoms with Gasteiger partial charge in [0.05, 0.1) is 12.2 Å². The summed E-state index contributed by atoms with van der Waals surface area (Å²) in [6, 6.07) is 12.7. The van der Waals surface area contributed by atoms with E-state index in [4.69, 9.17) is 44.3 Å². The molecule has 4 rings (SSSR count). The second-order valence-corrected chi connectivity index (χ2v) is 9.85. The lowest BCUT2D eigenvalue weighted by molar-refractivity contribution is -0.140. The first kappa shape index (κ1) is 25.8. The van der Waals surface area contributed by atoms with E-state index in [1.54, 1.807) is 18.2 Å². The number of dihydropyridines is 1. The van der Waals surface area contributed by atoms with Crippen LogP contribution in [0.3, 0.4) is 0 Å². The zero-order valence-corrected chi connectivity index (χ0v) is 21.8. The van der Waals surface area contributed by atoms with Crippen LogP contribution in [0.25, 0.3) is 0 Å². The molecule has 8 heteroatoms. The molecule has 2 aromatic rings. The number of nitrogens with one attached hydrogen (secondary N) is 1. The summed E-state index contributed by atoms with van der Waals surface area (Å²) in [5.74, 6) is -1.21. The third-order valence-corrected chi connectivity index (χ3v) is 7.14. The Labute approximate surface area is 220 Å². The monoisotopic (exact) mass is 533 g/mol. The average Bonchev–Trinajstić information content (AvgIpc) is 2.81. The van der Waals surface area contributed by atoms with Gasteiger partial charge in [0.15, 0.2) is 5.78 Å². The van der Waals surface area contributed by atoms with Gasteiger partial charge in [-0.25, -0.2) is 4.79 Å². The maximum Gasteiger partial charge on any atom is 0.336 e. The quantitative estimate of drug-likeness (QED) is 0.321. The van der Waals surface area contributed by atoms with Crippen molar-refractivity contribution in [2.45, 2.75) is 38.5 Å². The normalized spacial score (nSPS) is 20.0. The Morgan fingerprint density at radius 3 is 2.43 bits per heavy atom. The zero-order chi connectivity index (χ0) is 25.1. The third-order valence-electron chi connectivity index (χ3n) is 6.33. The minimum absolute atomic E-state index is 0.000138. The van der Waals surface area contributed by atoms with Gasteiger partial charge >= 0.3 is 5.97 Å². The Bertz CT molecular complexity index is 1200. The Morgan fingerprint density at radius 1 is 1.03 bits per heavy atom. The fraction of sp³-hybridized carbons (Fsp3) is 0.333. The van der Waals surface area contributed by atoms with Crippen molar-refractivity contribution in [1.82, 2.24) is 5.32 Å². The van der Waals surface area contributed by atoms with Gasteiger partial charge in [0, 0.05) is 51.0 Å². The molecule has 1 aliphatic carbocycles. The van der Waals surface area contributed by atoms with Gasteiger partial charge in [0.1, 0.15) is 6.61 Å². The number of carbonyl (C=O) groups excluding carboxylic acids is 2. The van der Waals surface area contributed by atoms with Crippen molar-refractivity contribution in [2.75, 3.05) is 19.8 Å². The number of esters is 1. The summed E-state index contributed by atoms with van der Waals surface area (Å²) in [7, 11) is 0. The van der Waals surface area contributed by atoms with E-state index in [0.29, 0.717) is 63.5 Å². The topological polar surface area (TPSA) is 64.6 Å². The number of hydrogen-bond donors (Lipinski definition) is 1. The van der Waals surface area contributed by atoms with E-state index in [0.717, 1.165) is 11.3 Å². The van der Waals surface area contributed by atoms with Crippen molar-refractivity contribution in [3.8, 4) is 0 Å². The van der Waals surface area contributed by atoms with Gasteiger partial charge in [0.25, 0.3) is 0 Å². The highest BCUT2D eigenvalue weighted by Gasteiger charge is 2.42. The van der Waals surface area contributed by atoms with Crippen LogP contribution in [0.1, 0.15) is 49.7 Å². The Hall–Kier alpha value is -2.31. The molecule has 1 N–H and O–H groups in total. The summed E-state index contributed by atoms with van der Waals surface area (Å²) in [4.78, 5) is 26.9. The van der Waals surface area contributed by atoms with E-state index < -0.39 is 11.9 Å². The summed E-state index contributed by atoms with van der Waals surface area (Å²) in [5.41, 5.74) is 4.01. The van der Waals surface area contributed by atoms with Crippen LogP contribution in [0.4, 0.5) is 0 Å². The van der Waals surface area contributed by atoms with Crippen molar-refractivity contribution in [3.63, 3.8) is 0 Å². The second-order valence-electron chi connectivity index (χ2n) is 8.57. The SMILES string of the molecule is CCOCCOC(=O)C1=C(C)NC2=C(C(=O)C[C@@H](c3ccc(Cl)cc3)C2)[C@@H]1c1ccc(Cl)cc1Cl. The Balaban J connectivity index is 1.74. The Morgan fingerprint density at radius 2 is 1.74 bits per heavy atom. The molecule has 5 nitrogen and oxygen atoms in total. The van der Waals surface area contributed by atoms with Crippen LogP contribution in [-0.2, 0) is 19.1 Å². The molecule has 0 unspecified atom stereocenters. The van der Waals surface area contributed by atoms with Gasteiger partial charge in [-0.2, -0.15) is 0 Å². The number of ether oxygens (including phenoxy) is 2. The molecule has 0 bridgehead atoms. The first-order valence-corrected chi connectivity index (χ1v) is 12.6. The van der Waals surface area contributed by atoms with Gasteiger partial charge < -0.3 is 14.8 Å². The van der Waals surface area contributed by atoms with E-state index in [-0.39, 0.29) is 18.3 Å². The van der Waals surface area contributed by atoms with Crippen molar-refractivity contribution in [2.24, 2.45) is 0 Å². The van der Waals surface area contributed by atoms with Crippen LogP contribution in [-0.4, -0.2) is 31.6 Å². The Kier molecular flexibility index (Phi) is 8.23. The van der Waals surface area contributed by atoms with E-state index in [1.165, 1.54) is 0 Å². The first-order chi connectivity index (χ1) is 16.8. The molecule has 2 aromatic carbocycles. The van der Waals surface area contributed by atoms with Crippen molar-refractivity contribution in [1.29, 1.82) is 0 Å². The largest absolute Gasteiger partial charge is 0.460 e. The van der Waals surface area contributed by atoms with Crippen LogP contribution >= 0.6 is 34.8 Å². The fourth-order valence-corrected chi connectivity index (χ4v) is 5.39. The molecular formula is C27H26Cl3NO4. The molecule has 0 saturated heterocycles. The minimum atomic E-state index is -0.658. The summed E-state index contributed by atoms with van der Waals surface area (Å²) >= 11 is 18.8. The molecule has 0 saturated carbocycles. The van der Waals surface area contributed by atoms with Gasteiger partial charge in [-0.15, -0.1) is 0 Å². The van der Waals surface area contributed by atoms with E-state index >= 15 is 0 Å². The molecule has 184 valence electrons. The standard InChI is InChI=1S/C27H26Cl3NO4/c1-3-34-10-11-35-27(33)24-15(2)31-22-12-17(16-4-6-18(28)7-5-16)13-23(32)26(22)25(24)20-9-8-19(29)14-21(20)30/h4-9,14,17,25,31H,3,10-13H2,1-2H3/t17-,25+/m0/s1. The predicted octanol–water partition coefficient (Wildman–Crippen LogP) is 6.59. The molecule has 0 amide bonds. The average molecular weight is 535 g/mol. The maximum atomic E-state index is 13.6. The van der Waals surface area contributed by atoms with Gasteiger partial charge in [-0.3, -0.25) is 4.79 Å². The van der Waals surface area contributed by atoms with Crippen LogP contribution < -0.4 is 5.32 Å². The van der Waals surface area contributed by atoms with Crippen molar-refractivity contribution in [3.05, 3.63) is 91.2 Å². The minimum Gasteiger partial charge on any atom is -0.460 e. The summed E-state index contributed by atoms with van der Waals surface area (Å²) in [5, 5.41) is 4.84. The maximum absolute atomic E-state index is 13.6. The summed E-state index contributed by atoms with van der Waals surface area (Å²) in [6.07, 6.45) is 0.935. The molecular weight excluding hydrogens is 509 g/mol. The number of halogens is 3. The number of ketones is 1. The van der Waals surface area contributed by atoms with E-state index in [1.807, 2.05) is 38.1 Å². The fourth-order valence-electron chi connectivity index (χ4n) is 4.74. The number of benzene rings is 2. The smallest absolute Gasteiger partial charge is 0.336 e. The second kappa shape index (κ2) is 11.2. The van der Waals surface area contributed by atoms with Crippen LogP contribution in [0.2, 0.25) is 15.1 Å². The van der Waals surface area contributed by atoms with Gasteiger partial charge in [-0.1, -0.05) is 53.0 Å². The van der Waals surface area contributed by atoms with Crippen LogP contribution in [0.5, 0.6) is 0 Å². The van der Waals surface area contributed by atoms with Crippen molar-refractivity contribution >= 4 is 46.6 Å². The lowest BCUT2D eigenvalue weighted by atomic mass is 9.71. The molecule has 0 aromatic heterocycles. The van der Waals surface area contributed by atoms with Crippen molar-refractivity contribution < 1.29 is 19.1 Å². The number of Topliss-reactive ketones (excluding diaryl/α,β-unsaturated/α-hetero) is 1. The molecule has 0 fully saturated rings. The molecule has 35 heavy (non-hydrogen) atoms. The number of hydrogen-bond acceptors (Lipinski definition) is 5. The first-order valence-electron chi connectivity index (χ1n) is 11.5. The van der Waals surface area contributed by atoms with Gasteiger partial charge in [0.2, 0.25) is 0 Å². The van der Waals surface area contributed by atoms with E-state index in [9.17, 15) is 9.59 Å². The lowest BCUT2D eigenvalue weighted by Crippen LogP contribution is -2.36. The summed E-state index contributed by atoms with van der Waals surface area (Å²) < 4.78 is 10.8. The molecule has 0 radical (unpaired) electrons. The zero-order valence-electron chi connectivity index (χ0n) is 19.5. The number of carbonyl (C=O) groups is 2.